The molecule has 0 radical (unpaired) electrons. The molecule has 0 aliphatic rings. The summed E-state index contributed by atoms with van der Waals surface area (Å²) in [4.78, 5) is 11.9. The Balaban J connectivity index is 2.30. The molecule has 0 saturated heterocycles. The van der Waals surface area contributed by atoms with Crippen molar-refractivity contribution in [3.63, 3.8) is 0 Å². The SMILES string of the molecule is C=CCc1cc(C(Nc2ccc(C(=N)NO)cc2)C(=O)O)ccc1OC(C)C. The summed E-state index contributed by atoms with van der Waals surface area (Å²) < 4.78 is 5.80. The summed E-state index contributed by atoms with van der Waals surface area (Å²) in [6.45, 7) is 7.62. The van der Waals surface area contributed by atoms with Crippen LogP contribution >= 0.6 is 0 Å². The molecule has 0 spiro atoms. The summed E-state index contributed by atoms with van der Waals surface area (Å²) in [7, 11) is 0. The number of nitrogens with one attached hydrogen (secondary N) is 3. The van der Waals surface area contributed by atoms with Crippen molar-refractivity contribution in [2.75, 3.05) is 5.32 Å². The van der Waals surface area contributed by atoms with E-state index in [9.17, 15) is 9.90 Å². The Morgan fingerprint density at radius 3 is 2.46 bits per heavy atom. The number of amidine groups is 1. The molecule has 0 amide bonds. The van der Waals surface area contributed by atoms with Crippen molar-refractivity contribution < 1.29 is 19.8 Å². The molecule has 28 heavy (non-hydrogen) atoms. The molecule has 2 aromatic carbocycles. The van der Waals surface area contributed by atoms with Gasteiger partial charge in [0.25, 0.3) is 0 Å². The first-order valence-electron chi connectivity index (χ1n) is 8.84. The molecule has 2 aromatic rings. The van der Waals surface area contributed by atoms with Gasteiger partial charge in [-0.1, -0.05) is 12.1 Å². The van der Waals surface area contributed by atoms with Crippen LogP contribution in [0.25, 0.3) is 0 Å². The van der Waals surface area contributed by atoms with E-state index in [1.54, 1.807) is 48.0 Å². The first kappa shape index (κ1) is 21.0. The van der Waals surface area contributed by atoms with E-state index >= 15 is 0 Å². The van der Waals surface area contributed by atoms with Gasteiger partial charge in [-0.2, -0.15) is 0 Å². The van der Waals surface area contributed by atoms with Crippen LogP contribution in [0.4, 0.5) is 5.69 Å². The van der Waals surface area contributed by atoms with Crippen molar-refractivity contribution in [2.45, 2.75) is 32.4 Å². The molecular weight excluding hydrogens is 358 g/mol. The van der Waals surface area contributed by atoms with Crippen LogP contribution < -0.4 is 15.5 Å². The van der Waals surface area contributed by atoms with E-state index in [4.69, 9.17) is 15.4 Å². The van der Waals surface area contributed by atoms with Crippen molar-refractivity contribution in [3.05, 3.63) is 71.8 Å². The second kappa shape index (κ2) is 9.57. The van der Waals surface area contributed by atoms with E-state index in [1.165, 1.54) is 0 Å². The molecule has 0 fully saturated rings. The largest absolute Gasteiger partial charge is 0.491 e. The van der Waals surface area contributed by atoms with Crippen LogP contribution in [-0.4, -0.2) is 28.2 Å². The minimum absolute atomic E-state index is 0.00784. The third kappa shape index (κ3) is 5.34. The lowest BCUT2D eigenvalue weighted by Crippen LogP contribution is -2.21. The number of rotatable bonds is 9. The summed E-state index contributed by atoms with van der Waals surface area (Å²) in [6, 6.07) is 10.9. The highest BCUT2D eigenvalue weighted by atomic mass is 16.5. The molecule has 0 aliphatic carbocycles. The lowest BCUT2D eigenvalue weighted by Gasteiger charge is -2.19. The Hall–Kier alpha value is -3.32. The lowest BCUT2D eigenvalue weighted by molar-refractivity contribution is -0.138. The maximum absolute atomic E-state index is 11.9. The number of hydrogen-bond donors (Lipinski definition) is 5. The Morgan fingerprint density at radius 2 is 1.93 bits per heavy atom. The van der Waals surface area contributed by atoms with Gasteiger partial charge in [-0.15, -0.1) is 6.58 Å². The topological polar surface area (TPSA) is 115 Å². The summed E-state index contributed by atoms with van der Waals surface area (Å²) in [5, 5.41) is 29.0. The van der Waals surface area contributed by atoms with E-state index in [-0.39, 0.29) is 11.9 Å². The second-order valence-electron chi connectivity index (χ2n) is 6.51. The highest BCUT2D eigenvalue weighted by Crippen LogP contribution is 2.28. The molecule has 5 N–H and O–H groups in total. The molecule has 7 nitrogen and oxygen atoms in total. The second-order valence-corrected chi connectivity index (χ2v) is 6.51. The molecule has 0 aliphatic heterocycles. The van der Waals surface area contributed by atoms with Crippen molar-refractivity contribution >= 4 is 17.5 Å². The first-order valence-corrected chi connectivity index (χ1v) is 8.84. The third-order valence-corrected chi connectivity index (χ3v) is 3.99. The molecule has 148 valence electrons. The van der Waals surface area contributed by atoms with Gasteiger partial charge in [-0.25, -0.2) is 4.79 Å². The predicted molar refractivity (Wildman–Crippen MR) is 108 cm³/mol. The van der Waals surface area contributed by atoms with Crippen LogP contribution in [0.15, 0.2) is 55.1 Å². The third-order valence-electron chi connectivity index (χ3n) is 3.99. The normalized spacial score (nSPS) is 11.6. The van der Waals surface area contributed by atoms with Gasteiger partial charge in [0.05, 0.1) is 6.10 Å². The zero-order valence-electron chi connectivity index (χ0n) is 15.9. The average Bonchev–Trinajstić information content (AvgIpc) is 2.67. The van der Waals surface area contributed by atoms with Gasteiger partial charge in [-0.05, 0) is 67.8 Å². The number of carbonyl (C=O) groups is 1. The zero-order chi connectivity index (χ0) is 20.7. The van der Waals surface area contributed by atoms with Crippen LogP contribution in [0.1, 0.15) is 36.6 Å². The van der Waals surface area contributed by atoms with E-state index in [0.29, 0.717) is 29.0 Å². The molecule has 0 bridgehead atoms. The molecule has 1 unspecified atom stereocenters. The van der Waals surface area contributed by atoms with Crippen LogP contribution in [0.2, 0.25) is 0 Å². The minimum Gasteiger partial charge on any atom is -0.491 e. The van der Waals surface area contributed by atoms with Gasteiger partial charge < -0.3 is 15.2 Å². The zero-order valence-corrected chi connectivity index (χ0v) is 15.9. The van der Waals surface area contributed by atoms with Crippen molar-refractivity contribution in [1.29, 1.82) is 5.41 Å². The summed E-state index contributed by atoms with van der Waals surface area (Å²) in [5.74, 6) is -0.450. The van der Waals surface area contributed by atoms with Gasteiger partial charge in [0.2, 0.25) is 0 Å². The number of anilines is 1. The quantitative estimate of drug-likeness (QED) is 0.195. The summed E-state index contributed by atoms with van der Waals surface area (Å²) in [5.41, 5.74) is 4.28. The van der Waals surface area contributed by atoms with Crippen LogP contribution in [0, 0.1) is 5.41 Å². The average molecular weight is 383 g/mol. The van der Waals surface area contributed by atoms with Gasteiger partial charge in [0, 0.05) is 11.3 Å². The number of hydrogen-bond acceptors (Lipinski definition) is 5. The van der Waals surface area contributed by atoms with Gasteiger partial charge in [0.15, 0.2) is 6.04 Å². The fourth-order valence-corrected chi connectivity index (χ4v) is 2.71. The standard InChI is InChI=1S/C21H25N3O4/c1-4-5-15-12-16(8-11-18(15)28-13(2)3)19(21(25)26)23-17-9-6-14(7-10-17)20(22)24-27/h4,6-13,19,23,27H,1,5H2,2-3H3,(H2,22,24)(H,25,26). The van der Waals surface area contributed by atoms with Crippen molar-refractivity contribution in [2.24, 2.45) is 0 Å². The predicted octanol–water partition coefficient (Wildman–Crippen LogP) is 3.74. The molecular formula is C21H25N3O4. The Bertz CT molecular complexity index is 847. The smallest absolute Gasteiger partial charge is 0.330 e. The number of hydroxylamine groups is 1. The molecule has 0 saturated carbocycles. The molecule has 1 atom stereocenters. The van der Waals surface area contributed by atoms with Crippen LogP contribution in [-0.2, 0) is 11.2 Å². The molecule has 2 rings (SSSR count). The highest BCUT2D eigenvalue weighted by Gasteiger charge is 2.21. The van der Waals surface area contributed by atoms with Crippen LogP contribution in [0.5, 0.6) is 5.75 Å². The number of carboxylic acid groups (broad SMARTS) is 1. The van der Waals surface area contributed by atoms with E-state index in [0.717, 1.165) is 5.56 Å². The molecule has 0 heterocycles. The number of aliphatic carboxylic acids is 1. The van der Waals surface area contributed by atoms with E-state index in [2.05, 4.69) is 11.9 Å². The van der Waals surface area contributed by atoms with Gasteiger partial charge in [-0.3, -0.25) is 16.1 Å². The molecule has 7 heteroatoms. The van der Waals surface area contributed by atoms with Gasteiger partial charge >= 0.3 is 5.97 Å². The van der Waals surface area contributed by atoms with Gasteiger partial charge in [0.1, 0.15) is 11.6 Å². The monoisotopic (exact) mass is 383 g/mol. The number of allylic oxidation sites excluding steroid dienone is 1. The maximum Gasteiger partial charge on any atom is 0.330 e. The minimum atomic E-state index is -1.02. The Labute approximate surface area is 164 Å². The van der Waals surface area contributed by atoms with Crippen LogP contribution in [0.3, 0.4) is 0 Å². The van der Waals surface area contributed by atoms with Crippen molar-refractivity contribution in [1.82, 2.24) is 5.48 Å². The summed E-state index contributed by atoms with van der Waals surface area (Å²) >= 11 is 0. The fraction of sp³-hybridized carbons (Fsp3) is 0.238. The Morgan fingerprint density at radius 1 is 1.25 bits per heavy atom. The number of ether oxygens (including phenoxy) is 1. The first-order chi connectivity index (χ1) is 13.3. The summed E-state index contributed by atoms with van der Waals surface area (Å²) in [6.07, 6.45) is 2.32. The number of carboxylic acids is 1. The maximum atomic E-state index is 11.9. The lowest BCUT2D eigenvalue weighted by atomic mass is 10.0. The Kier molecular flexibility index (Phi) is 7.17. The van der Waals surface area contributed by atoms with E-state index < -0.39 is 12.0 Å². The highest BCUT2D eigenvalue weighted by molar-refractivity contribution is 5.95. The molecule has 0 aromatic heterocycles. The van der Waals surface area contributed by atoms with E-state index in [1.807, 2.05) is 19.9 Å². The number of benzene rings is 2. The fourth-order valence-electron chi connectivity index (χ4n) is 2.71. The van der Waals surface area contributed by atoms with Crippen molar-refractivity contribution in [3.8, 4) is 5.75 Å².